The number of unbranched alkanes of at least 4 members (excludes halogenated alkanes) is 2. The molecule has 2 aromatic rings. The Labute approximate surface area is 146 Å². The molecular formula is C21H30N2O. The lowest BCUT2D eigenvalue weighted by molar-refractivity contribution is 0.117. The van der Waals surface area contributed by atoms with Gasteiger partial charge in [-0.1, -0.05) is 42.5 Å². The van der Waals surface area contributed by atoms with E-state index in [4.69, 9.17) is 10.5 Å². The second-order valence-electron chi connectivity index (χ2n) is 6.12. The maximum Gasteiger partial charge on any atom is 0.0716 e. The summed E-state index contributed by atoms with van der Waals surface area (Å²) in [6.07, 6.45) is 5.58. The Morgan fingerprint density at radius 2 is 1.67 bits per heavy atom. The first kappa shape index (κ1) is 18.5. The highest BCUT2D eigenvalue weighted by atomic mass is 16.5. The molecule has 0 aliphatic heterocycles. The van der Waals surface area contributed by atoms with E-state index >= 15 is 0 Å². The third-order valence-corrected chi connectivity index (χ3v) is 4.00. The van der Waals surface area contributed by atoms with Gasteiger partial charge in [-0.2, -0.15) is 0 Å². The molecule has 0 heterocycles. The highest BCUT2D eigenvalue weighted by Crippen LogP contribution is 2.12. The first-order chi connectivity index (χ1) is 11.9. The summed E-state index contributed by atoms with van der Waals surface area (Å²) in [7, 11) is 0. The van der Waals surface area contributed by atoms with Crippen LogP contribution in [0.4, 0.5) is 5.69 Å². The van der Waals surface area contributed by atoms with Gasteiger partial charge in [0.2, 0.25) is 0 Å². The fourth-order valence-electron chi connectivity index (χ4n) is 2.65. The third-order valence-electron chi connectivity index (χ3n) is 4.00. The van der Waals surface area contributed by atoms with Gasteiger partial charge in [0.05, 0.1) is 6.61 Å². The summed E-state index contributed by atoms with van der Waals surface area (Å²) in [5.41, 5.74) is 9.39. The minimum absolute atomic E-state index is 0.717. The van der Waals surface area contributed by atoms with E-state index < -0.39 is 0 Å². The molecule has 0 atom stereocenters. The van der Waals surface area contributed by atoms with Gasteiger partial charge in [-0.25, -0.2) is 0 Å². The van der Waals surface area contributed by atoms with E-state index in [2.05, 4.69) is 53.8 Å². The molecule has 0 radical (unpaired) electrons. The number of hydrogen-bond donors (Lipinski definition) is 2. The molecule has 0 amide bonds. The predicted molar refractivity (Wildman–Crippen MR) is 102 cm³/mol. The highest BCUT2D eigenvalue weighted by molar-refractivity contribution is 5.45. The molecule has 0 aliphatic carbocycles. The molecule has 130 valence electrons. The van der Waals surface area contributed by atoms with Crippen LogP contribution in [0.2, 0.25) is 0 Å². The molecule has 0 saturated heterocycles. The lowest BCUT2D eigenvalue weighted by atomic mass is 10.1. The molecule has 3 N–H and O–H groups in total. The van der Waals surface area contributed by atoms with Crippen LogP contribution in [0, 0.1) is 0 Å². The van der Waals surface area contributed by atoms with E-state index in [1.54, 1.807) is 0 Å². The SMILES string of the molecule is NCCCc1cccc(NCCCCCOCc2ccccc2)c1. The molecule has 0 bridgehead atoms. The van der Waals surface area contributed by atoms with Crippen molar-refractivity contribution in [2.75, 3.05) is 25.0 Å². The molecular weight excluding hydrogens is 296 g/mol. The monoisotopic (exact) mass is 326 g/mol. The van der Waals surface area contributed by atoms with Crippen LogP contribution in [0.1, 0.15) is 36.8 Å². The van der Waals surface area contributed by atoms with Gasteiger partial charge in [0.15, 0.2) is 0 Å². The normalized spacial score (nSPS) is 10.7. The van der Waals surface area contributed by atoms with Crippen molar-refractivity contribution in [1.29, 1.82) is 0 Å². The van der Waals surface area contributed by atoms with Crippen molar-refractivity contribution in [2.24, 2.45) is 5.73 Å². The van der Waals surface area contributed by atoms with Crippen molar-refractivity contribution in [3.05, 3.63) is 65.7 Å². The summed E-state index contributed by atoms with van der Waals surface area (Å²) < 4.78 is 5.71. The zero-order chi connectivity index (χ0) is 16.9. The fraction of sp³-hybridized carbons (Fsp3) is 0.429. The summed E-state index contributed by atoms with van der Waals surface area (Å²) in [4.78, 5) is 0. The standard InChI is InChI=1S/C21H30N2O/c22-14-8-12-19-11-7-13-21(17-19)23-15-5-2-6-16-24-18-20-9-3-1-4-10-20/h1,3-4,7,9-11,13,17,23H,2,5-6,8,12,14-16,18,22H2. The quantitative estimate of drug-likeness (QED) is 0.569. The molecule has 0 saturated carbocycles. The van der Waals surface area contributed by atoms with Crippen LogP contribution in [0.3, 0.4) is 0 Å². The third kappa shape index (κ3) is 7.62. The summed E-state index contributed by atoms with van der Waals surface area (Å²) in [6.45, 7) is 3.32. The largest absolute Gasteiger partial charge is 0.385 e. The molecule has 3 heteroatoms. The topological polar surface area (TPSA) is 47.3 Å². The van der Waals surface area contributed by atoms with E-state index in [1.165, 1.54) is 29.7 Å². The van der Waals surface area contributed by atoms with Crippen molar-refractivity contribution in [3.8, 4) is 0 Å². The summed E-state index contributed by atoms with van der Waals surface area (Å²) >= 11 is 0. The molecule has 3 nitrogen and oxygen atoms in total. The van der Waals surface area contributed by atoms with Gasteiger partial charge < -0.3 is 15.8 Å². The van der Waals surface area contributed by atoms with Gasteiger partial charge in [0, 0.05) is 18.8 Å². The van der Waals surface area contributed by atoms with Crippen LogP contribution in [-0.4, -0.2) is 19.7 Å². The Kier molecular flexibility index (Phi) is 8.99. The molecule has 0 spiro atoms. The molecule has 0 unspecified atom stereocenters. The van der Waals surface area contributed by atoms with Crippen molar-refractivity contribution in [1.82, 2.24) is 0 Å². The first-order valence-electron chi connectivity index (χ1n) is 9.03. The van der Waals surface area contributed by atoms with E-state index in [-0.39, 0.29) is 0 Å². The second-order valence-corrected chi connectivity index (χ2v) is 6.12. The summed E-state index contributed by atoms with van der Waals surface area (Å²) in [6, 6.07) is 19.0. The number of nitrogens with two attached hydrogens (primary N) is 1. The average Bonchev–Trinajstić information content (AvgIpc) is 2.63. The van der Waals surface area contributed by atoms with E-state index in [0.717, 1.165) is 39.0 Å². The Morgan fingerprint density at radius 1 is 0.833 bits per heavy atom. The van der Waals surface area contributed by atoms with Crippen LogP contribution in [-0.2, 0) is 17.8 Å². The van der Waals surface area contributed by atoms with Gasteiger partial charge in [0.1, 0.15) is 0 Å². The molecule has 0 fully saturated rings. The first-order valence-corrected chi connectivity index (χ1v) is 9.03. The van der Waals surface area contributed by atoms with Crippen molar-refractivity contribution >= 4 is 5.69 Å². The Hall–Kier alpha value is -1.84. The van der Waals surface area contributed by atoms with Gasteiger partial charge >= 0.3 is 0 Å². The van der Waals surface area contributed by atoms with E-state index in [0.29, 0.717) is 6.61 Å². The lowest BCUT2D eigenvalue weighted by Gasteiger charge is -2.09. The Bertz CT molecular complexity index is 557. The summed E-state index contributed by atoms with van der Waals surface area (Å²) in [5.74, 6) is 0. The van der Waals surface area contributed by atoms with Crippen LogP contribution < -0.4 is 11.1 Å². The van der Waals surface area contributed by atoms with Crippen molar-refractivity contribution in [2.45, 2.75) is 38.7 Å². The average molecular weight is 326 g/mol. The van der Waals surface area contributed by atoms with E-state index in [1.807, 2.05) is 6.07 Å². The molecule has 0 aliphatic rings. The number of nitrogens with one attached hydrogen (secondary N) is 1. The number of anilines is 1. The lowest BCUT2D eigenvalue weighted by Crippen LogP contribution is -2.04. The van der Waals surface area contributed by atoms with Gasteiger partial charge in [0.25, 0.3) is 0 Å². The predicted octanol–water partition coefficient (Wildman–Crippen LogP) is 4.38. The highest BCUT2D eigenvalue weighted by Gasteiger charge is 1.97. The molecule has 24 heavy (non-hydrogen) atoms. The Morgan fingerprint density at radius 3 is 2.50 bits per heavy atom. The minimum atomic E-state index is 0.717. The van der Waals surface area contributed by atoms with Gasteiger partial charge in [-0.05, 0) is 61.9 Å². The van der Waals surface area contributed by atoms with Crippen LogP contribution in [0.5, 0.6) is 0 Å². The van der Waals surface area contributed by atoms with Gasteiger partial charge in [-0.15, -0.1) is 0 Å². The smallest absolute Gasteiger partial charge is 0.0716 e. The summed E-state index contributed by atoms with van der Waals surface area (Å²) in [5, 5.41) is 3.51. The number of benzene rings is 2. The van der Waals surface area contributed by atoms with Crippen LogP contribution in [0.15, 0.2) is 54.6 Å². The minimum Gasteiger partial charge on any atom is -0.385 e. The van der Waals surface area contributed by atoms with Crippen LogP contribution in [0.25, 0.3) is 0 Å². The number of rotatable bonds is 12. The maximum absolute atomic E-state index is 5.71. The molecule has 0 aromatic heterocycles. The zero-order valence-electron chi connectivity index (χ0n) is 14.5. The fourth-order valence-corrected chi connectivity index (χ4v) is 2.65. The number of aryl methyl sites for hydroxylation is 1. The number of hydrogen-bond acceptors (Lipinski definition) is 3. The van der Waals surface area contributed by atoms with E-state index in [9.17, 15) is 0 Å². The van der Waals surface area contributed by atoms with Gasteiger partial charge in [-0.3, -0.25) is 0 Å². The molecule has 2 rings (SSSR count). The zero-order valence-corrected chi connectivity index (χ0v) is 14.5. The second kappa shape index (κ2) is 11.7. The Balaban J connectivity index is 1.50. The number of ether oxygens (including phenoxy) is 1. The molecule has 2 aromatic carbocycles. The van der Waals surface area contributed by atoms with Crippen LogP contribution >= 0.6 is 0 Å². The van der Waals surface area contributed by atoms with Crippen molar-refractivity contribution < 1.29 is 4.74 Å². The maximum atomic E-state index is 5.71. The van der Waals surface area contributed by atoms with Crippen molar-refractivity contribution in [3.63, 3.8) is 0 Å².